The van der Waals surface area contributed by atoms with Gasteiger partial charge in [-0.15, -0.1) is 11.6 Å². The summed E-state index contributed by atoms with van der Waals surface area (Å²) in [6.07, 6.45) is 3.73. The Hall–Kier alpha value is -0.140. The number of hydrogen-bond acceptors (Lipinski definition) is 0. The number of unbranched alkanes of at least 4 members (excludes halogenated alkanes) is 2. The van der Waals surface area contributed by atoms with E-state index < -0.39 is 0 Å². The maximum absolute atomic E-state index is 5.38. The van der Waals surface area contributed by atoms with Crippen LogP contribution in [0.3, 0.4) is 0 Å². The Kier molecular flexibility index (Phi) is 15.0. The molecule has 1 aromatic rings. The van der Waals surface area contributed by atoms with Gasteiger partial charge < -0.3 is 0 Å². The van der Waals surface area contributed by atoms with Gasteiger partial charge in [-0.25, -0.2) is 0 Å². The summed E-state index contributed by atoms with van der Waals surface area (Å²) >= 11 is 5.38. The lowest BCUT2D eigenvalue weighted by molar-refractivity contribution is 0.776. The highest BCUT2D eigenvalue weighted by Gasteiger charge is 1.76. The van der Waals surface area contributed by atoms with Crippen LogP contribution in [0.1, 0.15) is 31.7 Å². The molecule has 0 saturated heterocycles. The second kappa shape index (κ2) is 12.9. The van der Waals surface area contributed by atoms with Crippen LogP contribution in [0.4, 0.5) is 0 Å². The summed E-state index contributed by atoms with van der Waals surface area (Å²) in [5.74, 6) is 0.827. The standard InChI is InChI=1S/C7H8.C5H11Cl.H2S/c1-7-5-3-2-4-6-7;1-2-3-4-5-6;/h2-6H,1H3;2-5H2,1H3;1H2. The van der Waals surface area contributed by atoms with Gasteiger partial charge in [0, 0.05) is 5.88 Å². The molecule has 0 spiro atoms. The molecule has 2 heteroatoms. The molecule has 0 aromatic heterocycles. The average molecular weight is 233 g/mol. The van der Waals surface area contributed by atoms with Crippen LogP contribution < -0.4 is 0 Å². The van der Waals surface area contributed by atoms with Crippen molar-refractivity contribution in [3.8, 4) is 0 Å². The smallest absolute Gasteiger partial charge is 0.0223 e. The van der Waals surface area contributed by atoms with Gasteiger partial charge in [0.25, 0.3) is 0 Å². The van der Waals surface area contributed by atoms with E-state index in [0.717, 1.165) is 5.88 Å². The minimum absolute atomic E-state index is 0. The van der Waals surface area contributed by atoms with E-state index in [1.807, 2.05) is 18.2 Å². The third kappa shape index (κ3) is 11.9. The highest BCUT2D eigenvalue weighted by atomic mass is 35.5. The van der Waals surface area contributed by atoms with Crippen molar-refractivity contribution < 1.29 is 0 Å². The Bertz CT molecular complexity index is 183. The Morgan fingerprint density at radius 3 is 1.86 bits per heavy atom. The number of hydrogen-bond donors (Lipinski definition) is 0. The second-order valence-electron chi connectivity index (χ2n) is 3.05. The molecule has 0 saturated carbocycles. The molecule has 1 aromatic carbocycles. The quantitative estimate of drug-likeness (QED) is 0.531. The normalized spacial score (nSPS) is 8.21. The summed E-state index contributed by atoms with van der Waals surface area (Å²) in [6.45, 7) is 4.26. The van der Waals surface area contributed by atoms with E-state index in [4.69, 9.17) is 11.6 Å². The molecule has 82 valence electrons. The highest BCUT2D eigenvalue weighted by Crippen LogP contribution is 1.93. The molecular formula is C12H21ClS. The summed E-state index contributed by atoms with van der Waals surface area (Å²) in [5, 5.41) is 0. The first kappa shape index (κ1) is 16.3. The fourth-order valence-corrected chi connectivity index (χ4v) is 1.07. The summed E-state index contributed by atoms with van der Waals surface area (Å²) in [4.78, 5) is 0. The van der Waals surface area contributed by atoms with Gasteiger partial charge in [0.1, 0.15) is 0 Å². The first-order chi connectivity index (χ1) is 6.31. The van der Waals surface area contributed by atoms with E-state index in [9.17, 15) is 0 Å². The molecule has 0 heterocycles. The third-order valence-electron chi connectivity index (χ3n) is 1.68. The maximum Gasteiger partial charge on any atom is 0.0223 e. The fourth-order valence-electron chi connectivity index (χ4n) is 0.879. The molecule has 0 aliphatic carbocycles. The van der Waals surface area contributed by atoms with Gasteiger partial charge >= 0.3 is 0 Å². The molecule has 14 heavy (non-hydrogen) atoms. The van der Waals surface area contributed by atoms with Gasteiger partial charge in [0.2, 0.25) is 0 Å². The molecule has 0 bridgehead atoms. The lowest BCUT2D eigenvalue weighted by Gasteiger charge is -1.84. The molecule has 0 aliphatic rings. The van der Waals surface area contributed by atoms with E-state index in [1.54, 1.807) is 0 Å². The zero-order chi connectivity index (χ0) is 9.94. The zero-order valence-electron chi connectivity index (χ0n) is 9.09. The van der Waals surface area contributed by atoms with Gasteiger partial charge in [0.15, 0.2) is 0 Å². The largest absolute Gasteiger partial charge is 0.197 e. The van der Waals surface area contributed by atoms with Crippen LogP contribution in [-0.4, -0.2) is 5.88 Å². The lowest BCUT2D eigenvalue weighted by Crippen LogP contribution is -1.70. The molecule has 0 amide bonds. The van der Waals surface area contributed by atoms with Crippen LogP contribution in [-0.2, 0) is 0 Å². The Morgan fingerprint density at radius 1 is 1.07 bits per heavy atom. The number of rotatable bonds is 3. The number of benzene rings is 1. The molecular weight excluding hydrogens is 212 g/mol. The molecule has 0 fully saturated rings. The van der Waals surface area contributed by atoms with Crippen LogP contribution in [0.25, 0.3) is 0 Å². The van der Waals surface area contributed by atoms with Crippen molar-refractivity contribution in [3.05, 3.63) is 35.9 Å². The van der Waals surface area contributed by atoms with Crippen molar-refractivity contribution >= 4 is 25.1 Å². The summed E-state index contributed by atoms with van der Waals surface area (Å²) < 4.78 is 0. The maximum atomic E-state index is 5.38. The first-order valence-electron chi connectivity index (χ1n) is 4.89. The van der Waals surface area contributed by atoms with Gasteiger partial charge in [-0.2, -0.15) is 13.5 Å². The first-order valence-corrected chi connectivity index (χ1v) is 5.42. The molecule has 0 aliphatic heterocycles. The van der Waals surface area contributed by atoms with Crippen molar-refractivity contribution in [2.24, 2.45) is 0 Å². The summed E-state index contributed by atoms with van der Waals surface area (Å²) in [7, 11) is 0. The van der Waals surface area contributed by atoms with Crippen LogP contribution in [0.15, 0.2) is 30.3 Å². The Labute approximate surface area is 100 Å². The van der Waals surface area contributed by atoms with Crippen LogP contribution >= 0.6 is 25.1 Å². The van der Waals surface area contributed by atoms with Crippen molar-refractivity contribution in [1.82, 2.24) is 0 Å². The molecule has 0 unspecified atom stereocenters. The van der Waals surface area contributed by atoms with E-state index in [1.165, 1.54) is 24.8 Å². The minimum atomic E-state index is 0. The Morgan fingerprint density at radius 2 is 1.64 bits per heavy atom. The van der Waals surface area contributed by atoms with E-state index in [0.29, 0.717) is 0 Å². The third-order valence-corrected chi connectivity index (χ3v) is 1.94. The fraction of sp³-hybridized carbons (Fsp3) is 0.500. The van der Waals surface area contributed by atoms with Gasteiger partial charge in [0.05, 0.1) is 0 Å². The van der Waals surface area contributed by atoms with Crippen LogP contribution in [0.5, 0.6) is 0 Å². The predicted octanol–water partition coefficient (Wildman–Crippen LogP) is 4.52. The molecule has 0 radical (unpaired) electrons. The molecule has 0 nitrogen and oxygen atoms in total. The summed E-state index contributed by atoms with van der Waals surface area (Å²) in [5.41, 5.74) is 1.32. The van der Waals surface area contributed by atoms with Gasteiger partial charge in [-0.3, -0.25) is 0 Å². The lowest BCUT2D eigenvalue weighted by atomic mass is 10.2. The zero-order valence-corrected chi connectivity index (χ0v) is 10.8. The topological polar surface area (TPSA) is 0 Å². The van der Waals surface area contributed by atoms with Gasteiger partial charge in [-0.1, -0.05) is 55.7 Å². The number of halogens is 1. The average Bonchev–Trinajstić information content (AvgIpc) is 2.17. The van der Waals surface area contributed by atoms with Crippen molar-refractivity contribution in [2.75, 3.05) is 5.88 Å². The summed E-state index contributed by atoms with van der Waals surface area (Å²) in [6, 6.07) is 10.3. The van der Waals surface area contributed by atoms with E-state index in [-0.39, 0.29) is 13.5 Å². The highest BCUT2D eigenvalue weighted by molar-refractivity contribution is 7.59. The van der Waals surface area contributed by atoms with Crippen molar-refractivity contribution in [1.29, 1.82) is 0 Å². The molecule has 0 atom stereocenters. The van der Waals surface area contributed by atoms with Crippen molar-refractivity contribution in [2.45, 2.75) is 33.1 Å². The predicted molar refractivity (Wildman–Crippen MR) is 71.8 cm³/mol. The molecule has 0 N–H and O–H groups in total. The SMILES string of the molecule is CCCCCCl.Cc1ccccc1.S. The van der Waals surface area contributed by atoms with Gasteiger partial charge in [-0.05, 0) is 13.3 Å². The number of aryl methyl sites for hydroxylation is 1. The van der Waals surface area contributed by atoms with E-state index in [2.05, 4.69) is 26.0 Å². The second-order valence-corrected chi connectivity index (χ2v) is 3.43. The van der Waals surface area contributed by atoms with Crippen LogP contribution in [0.2, 0.25) is 0 Å². The number of alkyl halides is 1. The van der Waals surface area contributed by atoms with Crippen LogP contribution in [0, 0.1) is 6.92 Å². The Balaban J connectivity index is 0. The minimum Gasteiger partial charge on any atom is -0.197 e. The monoisotopic (exact) mass is 232 g/mol. The molecule has 1 rings (SSSR count). The van der Waals surface area contributed by atoms with E-state index >= 15 is 0 Å². The van der Waals surface area contributed by atoms with Crippen molar-refractivity contribution in [3.63, 3.8) is 0 Å².